The molecule has 17 heavy (non-hydrogen) atoms. The number of hydrogen-bond donors (Lipinski definition) is 1. The first-order valence-corrected chi connectivity index (χ1v) is 7.55. The van der Waals surface area contributed by atoms with Gasteiger partial charge in [0.1, 0.15) is 0 Å². The normalized spacial score (nSPS) is 23.6. The van der Waals surface area contributed by atoms with Crippen LogP contribution in [-0.4, -0.2) is 13.1 Å². The highest BCUT2D eigenvalue weighted by molar-refractivity contribution is 9.10. The summed E-state index contributed by atoms with van der Waals surface area (Å²) in [4.78, 5) is 0. The van der Waals surface area contributed by atoms with E-state index in [0.717, 1.165) is 5.92 Å². The second-order valence-corrected chi connectivity index (χ2v) is 6.66. The van der Waals surface area contributed by atoms with Crippen LogP contribution < -0.4 is 5.32 Å². The Hall–Kier alpha value is -0.340. The van der Waals surface area contributed by atoms with E-state index in [0.29, 0.717) is 5.41 Å². The zero-order valence-electron chi connectivity index (χ0n) is 10.2. The lowest BCUT2D eigenvalue weighted by Gasteiger charge is -2.45. The van der Waals surface area contributed by atoms with Crippen LogP contribution in [0.3, 0.4) is 0 Å². The van der Waals surface area contributed by atoms with Crippen molar-refractivity contribution in [1.82, 2.24) is 5.32 Å². The second kappa shape index (κ2) is 4.74. The molecule has 1 nitrogen and oxygen atoms in total. The number of benzene rings is 1. The van der Waals surface area contributed by atoms with Crippen molar-refractivity contribution in [3.8, 4) is 0 Å². The minimum absolute atomic E-state index is 0.440. The summed E-state index contributed by atoms with van der Waals surface area (Å²) in [5.74, 6) is 0.973. The van der Waals surface area contributed by atoms with E-state index in [1.165, 1.54) is 55.2 Å². The SMILES string of the molecule is Brc1ccc(C2(CC3CCCC3)CNC2)cc1. The molecule has 2 aliphatic rings. The Bertz CT molecular complexity index is 374. The third-order valence-electron chi connectivity index (χ3n) is 4.54. The van der Waals surface area contributed by atoms with Gasteiger partial charge >= 0.3 is 0 Å². The van der Waals surface area contributed by atoms with Crippen LogP contribution in [0.1, 0.15) is 37.7 Å². The van der Waals surface area contributed by atoms with Crippen molar-refractivity contribution in [2.45, 2.75) is 37.5 Å². The fraction of sp³-hybridized carbons (Fsp3) is 0.600. The Labute approximate surface area is 112 Å². The number of hydrogen-bond acceptors (Lipinski definition) is 1. The van der Waals surface area contributed by atoms with Gasteiger partial charge < -0.3 is 5.32 Å². The maximum atomic E-state index is 3.52. The molecule has 2 heteroatoms. The lowest BCUT2D eigenvalue weighted by Crippen LogP contribution is -2.57. The van der Waals surface area contributed by atoms with Crippen LogP contribution in [-0.2, 0) is 5.41 Å². The third-order valence-corrected chi connectivity index (χ3v) is 5.07. The molecular formula is C15H20BrN. The van der Waals surface area contributed by atoms with Crippen molar-refractivity contribution < 1.29 is 0 Å². The Morgan fingerprint density at radius 2 is 1.76 bits per heavy atom. The van der Waals surface area contributed by atoms with Crippen LogP contribution in [0.5, 0.6) is 0 Å². The Balaban J connectivity index is 1.78. The fourth-order valence-corrected chi connectivity index (χ4v) is 3.73. The van der Waals surface area contributed by atoms with Crippen molar-refractivity contribution in [3.05, 3.63) is 34.3 Å². The van der Waals surface area contributed by atoms with E-state index in [1.807, 2.05) is 0 Å². The van der Waals surface area contributed by atoms with Gasteiger partial charge in [0.25, 0.3) is 0 Å². The summed E-state index contributed by atoms with van der Waals surface area (Å²) in [5.41, 5.74) is 1.97. The molecule has 1 saturated heterocycles. The van der Waals surface area contributed by atoms with E-state index in [9.17, 15) is 0 Å². The molecular weight excluding hydrogens is 274 g/mol. The molecule has 92 valence electrons. The average Bonchev–Trinajstić information content (AvgIpc) is 2.77. The van der Waals surface area contributed by atoms with Crippen LogP contribution in [0.4, 0.5) is 0 Å². The quantitative estimate of drug-likeness (QED) is 0.892. The first-order valence-electron chi connectivity index (χ1n) is 6.75. The molecule has 1 aliphatic heterocycles. The summed E-state index contributed by atoms with van der Waals surface area (Å²) in [6.07, 6.45) is 7.21. The zero-order valence-corrected chi connectivity index (χ0v) is 11.8. The summed E-state index contributed by atoms with van der Waals surface area (Å²) in [7, 11) is 0. The second-order valence-electron chi connectivity index (χ2n) is 5.75. The standard InChI is InChI=1S/C15H20BrN/c16-14-7-5-13(6-8-14)15(10-17-11-15)9-12-3-1-2-4-12/h5-8,12,17H,1-4,9-11H2. The Kier molecular flexibility index (Phi) is 3.27. The average molecular weight is 294 g/mol. The van der Waals surface area contributed by atoms with Crippen LogP contribution in [0.2, 0.25) is 0 Å². The molecule has 0 atom stereocenters. The largest absolute Gasteiger partial charge is 0.315 e. The van der Waals surface area contributed by atoms with E-state index in [1.54, 1.807) is 0 Å². The van der Waals surface area contributed by atoms with Crippen LogP contribution in [0, 0.1) is 5.92 Å². The lowest BCUT2D eigenvalue weighted by molar-refractivity contribution is 0.218. The van der Waals surface area contributed by atoms with Gasteiger partial charge in [-0.15, -0.1) is 0 Å². The molecule has 0 aromatic heterocycles. The Morgan fingerprint density at radius 3 is 2.29 bits per heavy atom. The van der Waals surface area contributed by atoms with Gasteiger partial charge in [-0.1, -0.05) is 53.7 Å². The molecule has 0 unspecified atom stereocenters. The van der Waals surface area contributed by atoms with Crippen molar-refractivity contribution in [2.75, 3.05) is 13.1 Å². The van der Waals surface area contributed by atoms with Crippen molar-refractivity contribution in [1.29, 1.82) is 0 Å². The topological polar surface area (TPSA) is 12.0 Å². The highest BCUT2D eigenvalue weighted by atomic mass is 79.9. The van der Waals surface area contributed by atoms with Crippen molar-refractivity contribution >= 4 is 15.9 Å². The monoisotopic (exact) mass is 293 g/mol. The van der Waals surface area contributed by atoms with Gasteiger partial charge in [-0.3, -0.25) is 0 Å². The highest BCUT2D eigenvalue weighted by Gasteiger charge is 2.40. The van der Waals surface area contributed by atoms with Crippen LogP contribution >= 0.6 is 15.9 Å². The summed E-state index contributed by atoms with van der Waals surface area (Å²) in [6, 6.07) is 8.98. The summed E-state index contributed by atoms with van der Waals surface area (Å²) in [5, 5.41) is 3.48. The first kappa shape index (κ1) is 11.7. The van der Waals surface area contributed by atoms with E-state index < -0.39 is 0 Å². The Morgan fingerprint density at radius 1 is 1.12 bits per heavy atom. The van der Waals surface area contributed by atoms with Gasteiger partial charge in [0.05, 0.1) is 0 Å². The molecule has 1 saturated carbocycles. The maximum Gasteiger partial charge on any atom is 0.0205 e. The van der Waals surface area contributed by atoms with E-state index in [4.69, 9.17) is 0 Å². The molecule has 1 aromatic rings. The van der Waals surface area contributed by atoms with Gasteiger partial charge in [0.15, 0.2) is 0 Å². The third kappa shape index (κ3) is 2.30. The van der Waals surface area contributed by atoms with E-state index >= 15 is 0 Å². The predicted molar refractivity (Wildman–Crippen MR) is 75.3 cm³/mol. The van der Waals surface area contributed by atoms with Crippen molar-refractivity contribution in [3.63, 3.8) is 0 Å². The van der Waals surface area contributed by atoms with Gasteiger partial charge in [0, 0.05) is 23.0 Å². The predicted octanol–water partition coefficient (Wildman–Crippen LogP) is 3.87. The smallest absolute Gasteiger partial charge is 0.0205 e. The fourth-order valence-electron chi connectivity index (χ4n) is 3.46. The molecule has 0 bridgehead atoms. The van der Waals surface area contributed by atoms with E-state index in [2.05, 4.69) is 45.5 Å². The van der Waals surface area contributed by atoms with Crippen LogP contribution in [0.15, 0.2) is 28.7 Å². The molecule has 3 rings (SSSR count). The van der Waals surface area contributed by atoms with Gasteiger partial charge in [-0.25, -0.2) is 0 Å². The molecule has 1 aromatic carbocycles. The minimum Gasteiger partial charge on any atom is -0.315 e. The summed E-state index contributed by atoms with van der Waals surface area (Å²) >= 11 is 3.52. The molecule has 0 spiro atoms. The number of rotatable bonds is 3. The summed E-state index contributed by atoms with van der Waals surface area (Å²) in [6.45, 7) is 2.34. The number of nitrogens with one attached hydrogen (secondary N) is 1. The number of halogens is 1. The highest BCUT2D eigenvalue weighted by Crippen LogP contribution is 2.40. The minimum atomic E-state index is 0.440. The molecule has 0 amide bonds. The van der Waals surface area contributed by atoms with E-state index in [-0.39, 0.29) is 0 Å². The van der Waals surface area contributed by atoms with Gasteiger partial charge in [-0.2, -0.15) is 0 Å². The molecule has 2 fully saturated rings. The van der Waals surface area contributed by atoms with Crippen LogP contribution in [0.25, 0.3) is 0 Å². The van der Waals surface area contributed by atoms with Gasteiger partial charge in [0.2, 0.25) is 0 Å². The maximum absolute atomic E-state index is 3.52. The van der Waals surface area contributed by atoms with Gasteiger partial charge in [-0.05, 0) is 30.0 Å². The first-order chi connectivity index (χ1) is 8.28. The molecule has 1 aliphatic carbocycles. The van der Waals surface area contributed by atoms with Crippen molar-refractivity contribution in [2.24, 2.45) is 5.92 Å². The molecule has 1 heterocycles. The lowest BCUT2D eigenvalue weighted by atomic mass is 9.69. The summed E-state index contributed by atoms with van der Waals surface area (Å²) < 4.78 is 1.18. The zero-order chi connectivity index (χ0) is 11.7. The molecule has 1 N–H and O–H groups in total. The molecule has 0 radical (unpaired) electrons.